The van der Waals surface area contributed by atoms with Crippen LogP contribution >= 0.6 is 0 Å². The van der Waals surface area contributed by atoms with Gasteiger partial charge < -0.3 is 9.47 Å². The third-order valence-electron chi connectivity index (χ3n) is 7.50. The number of hydrogen-bond acceptors (Lipinski definition) is 4. The lowest BCUT2D eigenvalue weighted by molar-refractivity contribution is 0.0733. The fraction of sp³-hybridized carbons (Fsp3) is 0.235. The Morgan fingerprint density at radius 1 is 0.711 bits per heavy atom. The monoisotopic (exact) mass is 506 g/mol. The summed E-state index contributed by atoms with van der Waals surface area (Å²) in [6.45, 7) is 10.0. The van der Waals surface area contributed by atoms with Crippen LogP contribution in [-0.2, 0) is 5.41 Å². The van der Waals surface area contributed by atoms with Crippen molar-refractivity contribution in [3.05, 3.63) is 118 Å². The van der Waals surface area contributed by atoms with Gasteiger partial charge in [-0.3, -0.25) is 4.79 Å². The molecule has 0 N–H and O–H groups in total. The Balaban J connectivity index is 1.52. The highest BCUT2D eigenvalue weighted by molar-refractivity contribution is 5.94. The predicted octanol–water partition coefficient (Wildman–Crippen LogP) is 8.12. The minimum Gasteiger partial charge on any atom is -0.496 e. The highest BCUT2D eigenvalue weighted by Gasteiger charge is 2.28. The lowest BCUT2D eigenvalue weighted by atomic mass is 9.73. The van der Waals surface area contributed by atoms with Crippen LogP contribution in [0.2, 0.25) is 0 Å². The summed E-state index contributed by atoms with van der Waals surface area (Å²) in [5.74, 6) is 1.06. The van der Waals surface area contributed by atoms with Gasteiger partial charge in [0.1, 0.15) is 11.5 Å². The second-order valence-corrected chi connectivity index (χ2v) is 9.95. The molecule has 38 heavy (non-hydrogen) atoms. The molecular weight excluding hydrogens is 472 g/mol. The number of Topliss-reactive ketones (excluding diaryl/α,β-unsaturated/α-hetero) is 1. The SMILES string of the molecule is CCC(C)(c1ccc(OC)c(C)c1)c1ccc(OC(=O)c2ccc(-c3ccc(C(C)=O)cc3)cc2)c(C)c1. The van der Waals surface area contributed by atoms with E-state index in [0.29, 0.717) is 16.9 Å². The van der Waals surface area contributed by atoms with Gasteiger partial charge in [0.05, 0.1) is 12.7 Å². The molecule has 4 aromatic carbocycles. The first kappa shape index (κ1) is 26.9. The molecule has 0 aliphatic heterocycles. The van der Waals surface area contributed by atoms with Crippen LogP contribution in [0, 0.1) is 13.8 Å². The van der Waals surface area contributed by atoms with Crippen LogP contribution in [0.15, 0.2) is 84.9 Å². The number of esters is 1. The summed E-state index contributed by atoms with van der Waals surface area (Å²) in [6, 6.07) is 27.1. The third-order valence-corrected chi connectivity index (χ3v) is 7.50. The highest BCUT2D eigenvalue weighted by Crippen LogP contribution is 2.38. The number of carbonyl (C=O) groups is 2. The summed E-state index contributed by atoms with van der Waals surface area (Å²) >= 11 is 0. The normalized spacial score (nSPS) is 12.5. The number of hydrogen-bond donors (Lipinski definition) is 0. The van der Waals surface area contributed by atoms with Crippen molar-refractivity contribution in [1.29, 1.82) is 0 Å². The zero-order valence-electron chi connectivity index (χ0n) is 22.9. The van der Waals surface area contributed by atoms with Gasteiger partial charge in [0.2, 0.25) is 0 Å². The first-order chi connectivity index (χ1) is 18.2. The van der Waals surface area contributed by atoms with Crippen LogP contribution in [0.1, 0.15) is 70.2 Å². The van der Waals surface area contributed by atoms with E-state index in [-0.39, 0.29) is 11.2 Å². The fourth-order valence-electron chi connectivity index (χ4n) is 4.76. The molecule has 0 radical (unpaired) electrons. The van der Waals surface area contributed by atoms with Crippen LogP contribution in [-0.4, -0.2) is 18.9 Å². The highest BCUT2D eigenvalue weighted by atomic mass is 16.5. The lowest BCUT2D eigenvalue weighted by Gasteiger charge is -2.31. The smallest absolute Gasteiger partial charge is 0.343 e. The van der Waals surface area contributed by atoms with E-state index in [1.54, 1.807) is 26.2 Å². The van der Waals surface area contributed by atoms with E-state index in [1.807, 2.05) is 61.5 Å². The molecule has 0 aliphatic carbocycles. The molecular formula is C34H34O4. The molecule has 0 spiro atoms. The molecule has 0 aromatic heterocycles. The molecule has 0 aliphatic rings. The first-order valence-electron chi connectivity index (χ1n) is 12.9. The summed E-state index contributed by atoms with van der Waals surface area (Å²) in [7, 11) is 1.69. The fourth-order valence-corrected chi connectivity index (χ4v) is 4.76. The average Bonchev–Trinajstić information content (AvgIpc) is 2.93. The van der Waals surface area contributed by atoms with E-state index in [4.69, 9.17) is 9.47 Å². The second kappa shape index (κ2) is 11.1. The molecule has 0 bridgehead atoms. The summed E-state index contributed by atoms with van der Waals surface area (Å²) in [5.41, 5.74) is 7.30. The van der Waals surface area contributed by atoms with Crippen LogP contribution < -0.4 is 9.47 Å². The number of ketones is 1. The van der Waals surface area contributed by atoms with Gasteiger partial charge in [-0.05, 0) is 84.8 Å². The van der Waals surface area contributed by atoms with Crippen molar-refractivity contribution in [2.75, 3.05) is 7.11 Å². The second-order valence-electron chi connectivity index (χ2n) is 9.95. The summed E-state index contributed by atoms with van der Waals surface area (Å²) in [4.78, 5) is 24.4. The summed E-state index contributed by atoms with van der Waals surface area (Å²) in [6.07, 6.45) is 0.918. The summed E-state index contributed by atoms with van der Waals surface area (Å²) < 4.78 is 11.2. The molecule has 4 aromatic rings. The van der Waals surface area contributed by atoms with Gasteiger partial charge in [-0.15, -0.1) is 0 Å². The summed E-state index contributed by atoms with van der Waals surface area (Å²) in [5, 5.41) is 0. The molecule has 194 valence electrons. The topological polar surface area (TPSA) is 52.6 Å². The molecule has 0 saturated heterocycles. The van der Waals surface area contributed by atoms with E-state index >= 15 is 0 Å². The number of aryl methyl sites for hydroxylation is 2. The van der Waals surface area contributed by atoms with Crippen molar-refractivity contribution in [3.63, 3.8) is 0 Å². The van der Waals surface area contributed by atoms with Gasteiger partial charge in [0, 0.05) is 11.0 Å². The molecule has 0 fully saturated rings. The standard InChI is InChI=1S/C34H34O4/c1-7-34(5,29-16-18-31(37-6)22(2)20-29)30-17-19-32(23(3)21-30)38-33(36)28-14-12-27(13-15-28)26-10-8-25(9-11-26)24(4)35/h8-21H,7H2,1-6H3. The van der Waals surface area contributed by atoms with Gasteiger partial charge in [0.15, 0.2) is 5.78 Å². The quantitative estimate of drug-likeness (QED) is 0.138. The van der Waals surface area contributed by atoms with E-state index in [2.05, 4.69) is 39.0 Å². The van der Waals surface area contributed by atoms with E-state index in [9.17, 15) is 9.59 Å². The predicted molar refractivity (Wildman–Crippen MR) is 152 cm³/mol. The van der Waals surface area contributed by atoms with Crippen molar-refractivity contribution in [3.8, 4) is 22.6 Å². The van der Waals surface area contributed by atoms with Gasteiger partial charge in [0.25, 0.3) is 0 Å². The zero-order chi connectivity index (χ0) is 27.4. The molecule has 0 amide bonds. The van der Waals surface area contributed by atoms with Gasteiger partial charge in [-0.1, -0.05) is 74.5 Å². The van der Waals surface area contributed by atoms with E-state index < -0.39 is 5.97 Å². The maximum absolute atomic E-state index is 12.9. The number of methoxy groups -OCH3 is 1. The Hall–Kier alpha value is -4.18. The molecule has 1 atom stereocenters. The van der Waals surface area contributed by atoms with Crippen LogP contribution in [0.25, 0.3) is 11.1 Å². The zero-order valence-corrected chi connectivity index (χ0v) is 22.9. The molecule has 4 heteroatoms. The number of carbonyl (C=O) groups excluding carboxylic acids is 2. The molecule has 1 unspecified atom stereocenters. The van der Waals surface area contributed by atoms with Gasteiger partial charge in [-0.2, -0.15) is 0 Å². The molecule has 4 rings (SSSR count). The van der Waals surface area contributed by atoms with Crippen LogP contribution in [0.5, 0.6) is 11.5 Å². The molecule has 0 saturated carbocycles. The van der Waals surface area contributed by atoms with Gasteiger partial charge in [-0.25, -0.2) is 4.79 Å². The largest absolute Gasteiger partial charge is 0.496 e. The number of benzene rings is 4. The van der Waals surface area contributed by atoms with Gasteiger partial charge >= 0.3 is 5.97 Å². The molecule has 0 heterocycles. The van der Waals surface area contributed by atoms with Crippen LogP contribution in [0.3, 0.4) is 0 Å². The Kier molecular flexibility index (Phi) is 7.82. The van der Waals surface area contributed by atoms with Crippen molar-refractivity contribution in [2.45, 2.75) is 46.5 Å². The Labute approximate surface area is 225 Å². The van der Waals surface area contributed by atoms with E-state index in [1.165, 1.54) is 11.1 Å². The maximum Gasteiger partial charge on any atom is 0.343 e. The number of rotatable bonds is 8. The Bertz CT molecular complexity index is 1470. The minimum atomic E-state index is -0.400. The number of ether oxygens (including phenoxy) is 2. The van der Waals surface area contributed by atoms with Crippen molar-refractivity contribution < 1.29 is 19.1 Å². The van der Waals surface area contributed by atoms with Crippen molar-refractivity contribution in [2.24, 2.45) is 0 Å². The van der Waals surface area contributed by atoms with Crippen molar-refractivity contribution in [1.82, 2.24) is 0 Å². The lowest BCUT2D eigenvalue weighted by Crippen LogP contribution is -2.23. The van der Waals surface area contributed by atoms with Crippen LogP contribution in [0.4, 0.5) is 0 Å². The maximum atomic E-state index is 12.9. The minimum absolute atomic E-state index is 0.0353. The third kappa shape index (κ3) is 5.40. The first-order valence-corrected chi connectivity index (χ1v) is 12.9. The average molecular weight is 507 g/mol. The Morgan fingerprint density at radius 2 is 1.18 bits per heavy atom. The van der Waals surface area contributed by atoms with Crippen molar-refractivity contribution >= 4 is 11.8 Å². The molecule has 4 nitrogen and oxygen atoms in total. The Morgan fingerprint density at radius 3 is 1.61 bits per heavy atom. The van der Waals surface area contributed by atoms with E-state index in [0.717, 1.165) is 34.4 Å².